The van der Waals surface area contributed by atoms with Gasteiger partial charge >= 0.3 is 17.7 Å². The highest BCUT2D eigenvalue weighted by atomic mass is 16.5. The monoisotopic (exact) mass is 388 g/mol. The van der Waals surface area contributed by atoms with Crippen LogP contribution in [0.3, 0.4) is 0 Å². The minimum absolute atomic E-state index is 0.0155. The Morgan fingerprint density at radius 2 is 1.86 bits per heavy atom. The van der Waals surface area contributed by atoms with Crippen LogP contribution in [0, 0.1) is 0 Å². The molecule has 1 atom stereocenters. The number of nitrogens with zero attached hydrogens (tertiary/aromatic N) is 3. The lowest BCUT2D eigenvalue weighted by Crippen LogP contribution is -2.58. The van der Waals surface area contributed by atoms with E-state index in [2.05, 4.69) is 14.8 Å². The summed E-state index contributed by atoms with van der Waals surface area (Å²) in [5.41, 5.74) is 8.99. The minimum atomic E-state index is -1.13. The van der Waals surface area contributed by atoms with E-state index in [-0.39, 0.29) is 26.2 Å². The summed E-state index contributed by atoms with van der Waals surface area (Å²) in [6.45, 7) is 3.27. The van der Waals surface area contributed by atoms with Crippen molar-refractivity contribution in [3.63, 3.8) is 0 Å². The largest absolute Gasteiger partial charge is 0.463 e. The van der Waals surface area contributed by atoms with Gasteiger partial charge in [0.15, 0.2) is 0 Å². The van der Waals surface area contributed by atoms with E-state index in [1.54, 1.807) is 38.1 Å². The molecular formula is C18H20N4O6. The Morgan fingerprint density at radius 3 is 2.50 bits per heavy atom. The predicted molar refractivity (Wildman–Crippen MR) is 96.6 cm³/mol. The minimum Gasteiger partial charge on any atom is -0.463 e. The molecule has 2 rings (SSSR count). The first-order chi connectivity index (χ1) is 13.4. The van der Waals surface area contributed by atoms with Gasteiger partial charge in [-0.05, 0) is 26.0 Å². The summed E-state index contributed by atoms with van der Waals surface area (Å²) < 4.78 is 9.68. The number of ketones is 1. The van der Waals surface area contributed by atoms with Gasteiger partial charge in [0.25, 0.3) is 11.7 Å². The Kier molecular flexibility index (Phi) is 7.00. The first-order valence-corrected chi connectivity index (χ1v) is 8.70. The quantitative estimate of drug-likeness (QED) is 0.222. The number of rotatable bonds is 8. The fourth-order valence-corrected chi connectivity index (χ4v) is 2.74. The second-order valence-electron chi connectivity index (χ2n) is 5.68. The summed E-state index contributed by atoms with van der Waals surface area (Å²) in [5, 5.41) is 2.55. The van der Waals surface area contributed by atoms with Gasteiger partial charge in [-0.2, -0.15) is 4.79 Å². The van der Waals surface area contributed by atoms with Gasteiger partial charge in [-0.25, -0.2) is 9.59 Å². The number of esters is 2. The maximum Gasteiger partial charge on any atom is 0.441 e. The molecule has 1 aliphatic heterocycles. The normalized spacial score (nSPS) is 15.0. The van der Waals surface area contributed by atoms with E-state index in [1.807, 2.05) is 0 Å². The number of hydrogen-bond acceptors (Lipinski definition) is 7. The molecule has 1 heterocycles. The van der Waals surface area contributed by atoms with Crippen molar-refractivity contribution in [2.45, 2.75) is 26.4 Å². The van der Waals surface area contributed by atoms with Crippen LogP contribution in [-0.2, 0) is 23.9 Å². The Hall–Kier alpha value is -3.52. The SMILES string of the molecule is CCOC(=O)C(=[N+]=[N-])C(=O)CCN1c2ccccc2C(=O)NC1C(=O)OCC. The number of nitrogens with one attached hydrogen (secondary N) is 1. The highest BCUT2D eigenvalue weighted by Crippen LogP contribution is 2.26. The highest BCUT2D eigenvalue weighted by Gasteiger charge is 2.38. The molecule has 1 aromatic rings. The van der Waals surface area contributed by atoms with Crippen LogP contribution in [-0.4, -0.2) is 60.1 Å². The van der Waals surface area contributed by atoms with E-state index >= 15 is 0 Å². The topological polar surface area (TPSA) is 138 Å². The molecule has 148 valence electrons. The van der Waals surface area contributed by atoms with Crippen molar-refractivity contribution in [1.82, 2.24) is 5.32 Å². The van der Waals surface area contributed by atoms with E-state index in [0.717, 1.165) is 0 Å². The van der Waals surface area contributed by atoms with Crippen LogP contribution in [0.15, 0.2) is 24.3 Å². The first kappa shape index (κ1) is 20.8. The van der Waals surface area contributed by atoms with Gasteiger partial charge in [-0.1, -0.05) is 12.1 Å². The summed E-state index contributed by atoms with van der Waals surface area (Å²) >= 11 is 0. The van der Waals surface area contributed by atoms with Gasteiger partial charge in [0, 0.05) is 13.0 Å². The van der Waals surface area contributed by atoms with Crippen LogP contribution in [0.5, 0.6) is 0 Å². The average Bonchev–Trinajstić information content (AvgIpc) is 2.68. The number of amides is 1. The average molecular weight is 388 g/mol. The number of carbonyl (C=O) groups excluding carboxylic acids is 4. The molecule has 10 heteroatoms. The second-order valence-corrected chi connectivity index (χ2v) is 5.68. The number of hydrogen-bond donors (Lipinski definition) is 1. The van der Waals surface area contributed by atoms with Crippen molar-refractivity contribution in [2.24, 2.45) is 0 Å². The number of anilines is 1. The van der Waals surface area contributed by atoms with Crippen molar-refractivity contribution in [3.05, 3.63) is 35.4 Å². The lowest BCUT2D eigenvalue weighted by atomic mass is 10.1. The van der Waals surface area contributed by atoms with Crippen LogP contribution >= 0.6 is 0 Å². The molecule has 0 saturated carbocycles. The molecule has 1 N–H and O–H groups in total. The predicted octanol–water partition coefficient (Wildman–Crippen LogP) is 0.319. The van der Waals surface area contributed by atoms with E-state index in [1.165, 1.54) is 4.90 Å². The van der Waals surface area contributed by atoms with Crippen LogP contribution in [0.1, 0.15) is 30.6 Å². The maximum atomic E-state index is 12.3. The number of ether oxygens (including phenoxy) is 2. The van der Waals surface area contributed by atoms with Gasteiger partial charge < -0.3 is 25.2 Å². The standard InChI is InChI=1S/C18H20N4O6/c1-3-27-17(25)14(21-19)13(23)9-10-22-12-8-6-5-7-11(12)16(24)20-15(22)18(26)28-4-2/h5-8,15H,3-4,9-10H2,1-2H3,(H,20,24). The molecule has 28 heavy (non-hydrogen) atoms. The molecule has 0 aromatic heterocycles. The van der Waals surface area contributed by atoms with Crippen molar-refractivity contribution < 1.29 is 33.4 Å². The van der Waals surface area contributed by atoms with Crippen molar-refractivity contribution >= 4 is 35.0 Å². The zero-order valence-corrected chi connectivity index (χ0v) is 15.5. The Balaban J connectivity index is 2.26. The Morgan fingerprint density at radius 1 is 1.18 bits per heavy atom. The number of Topliss-reactive ketones (excluding diaryl/α,β-unsaturated/α-hetero) is 1. The molecule has 1 unspecified atom stereocenters. The van der Waals surface area contributed by atoms with E-state index < -0.39 is 35.5 Å². The van der Waals surface area contributed by atoms with Crippen LogP contribution in [0.2, 0.25) is 0 Å². The fraction of sp³-hybridized carbons (Fsp3) is 0.389. The maximum absolute atomic E-state index is 12.3. The molecule has 10 nitrogen and oxygen atoms in total. The molecule has 0 bridgehead atoms. The Labute approximate surface area is 161 Å². The lowest BCUT2D eigenvalue weighted by Gasteiger charge is -2.37. The number of fused-ring (bicyclic) bond motifs is 1. The first-order valence-electron chi connectivity index (χ1n) is 8.70. The van der Waals surface area contributed by atoms with E-state index in [9.17, 15) is 19.2 Å². The number of benzene rings is 1. The fourth-order valence-electron chi connectivity index (χ4n) is 2.74. The third-order valence-corrected chi connectivity index (χ3v) is 3.96. The van der Waals surface area contributed by atoms with Crippen molar-refractivity contribution in [3.8, 4) is 0 Å². The Bertz CT molecular complexity index is 846. The molecule has 1 aliphatic rings. The van der Waals surface area contributed by atoms with E-state index in [4.69, 9.17) is 10.3 Å². The van der Waals surface area contributed by atoms with Crippen molar-refractivity contribution in [2.75, 3.05) is 24.7 Å². The summed E-state index contributed by atoms with van der Waals surface area (Å²) in [5.74, 6) is -2.93. The molecule has 0 radical (unpaired) electrons. The van der Waals surface area contributed by atoms with Gasteiger partial charge in [-0.15, -0.1) is 0 Å². The van der Waals surface area contributed by atoms with Crippen LogP contribution in [0.4, 0.5) is 5.69 Å². The third-order valence-electron chi connectivity index (χ3n) is 3.96. The summed E-state index contributed by atoms with van der Waals surface area (Å²) in [6.07, 6.45) is -1.40. The van der Waals surface area contributed by atoms with Gasteiger partial charge in [0.1, 0.15) is 0 Å². The molecule has 0 aliphatic carbocycles. The summed E-state index contributed by atoms with van der Waals surface area (Å²) in [7, 11) is 0. The molecule has 1 aromatic carbocycles. The third kappa shape index (κ3) is 4.41. The zero-order valence-electron chi connectivity index (χ0n) is 15.5. The smallest absolute Gasteiger partial charge is 0.441 e. The number of para-hydroxylation sites is 1. The number of carbonyl (C=O) groups is 4. The highest BCUT2D eigenvalue weighted by molar-refractivity contribution is 6.62. The summed E-state index contributed by atoms with van der Waals surface area (Å²) in [4.78, 5) is 52.8. The summed E-state index contributed by atoms with van der Waals surface area (Å²) in [6, 6.07) is 6.58. The van der Waals surface area contributed by atoms with Gasteiger partial charge in [-0.3, -0.25) is 9.59 Å². The zero-order chi connectivity index (χ0) is 20.7. The molecule has 0 spiro atoms. The van der Waals surface area contributed by atoms with Gasteiger partial charge in [0.05, 0.1) is 24.5 Å². The molecule has 0 saturated heterocycles. The van der Waals surface area contributed by atoms with E-state index in [0.29, 0.717) is 11.3 Å². The molecule has 0 fully saturated rings. The van der Waals surface area contributed by atoms with Gasteiger partial charge in [0.2, 0.25) is 6.17 Å². The molecular weight excluding hydrogens is 368 g/mol. The van der Waals surface area contributed by atoms with Crippen molar-refractivity contribution in [1.29, 1.82) is 0 Å². The van der Waals surface area contributed by atoms with Crippen LogP contribution < -0.4 is 10.2 Å². The second kappa shape index (κ2) is 9.43. The molecule has 1 amide bonds. The lowest BCUT2D eigenvalue weighted by molar-refractivity contribution is -0.146. The van der Waals surface area contributed by atoms with Crippen LogP contribution in [0.25, 0.3) is 5.53 Å².